The van der Waals surface area contributed by atoms with Gasteiger partial charge in [0.15, 0.2) is 5.01 Å². The summed E-state index contributed by atoms with van der Waals surface area (Å²) in [6.45, 7) is 2.04. The quantitative estimate of drug-likeness (QED) is 0.763. The summed E-state index contributed by atoms with van der Waals surface area (Å²) in [7, 11) is 0. The van der Waals surface area contributed by atoms with Crippen LogP contribution in [-0.4, -0.2) is 15.3 Å². The van der Waals surface area contributed by atoms with Crippen LogP contribution < -0.4 is 5.32 Å². The minimum atomic E-state index is 0.214. The molecule has 100 valence electrons. The van der Waals surface area contributed by atoms with Crippen molar-refractivity contribution >= 4 is 22.2 Å². The number of aryl methyl sites for hydroxylation is 1. The van der Waals surface area contributed by atoms with Gasteiger partial charge in [-0.05, 0) is 30.7 Å². The fourth-order valence-electron chi connectivity index (χ4n) is 1.87. The van der Waals surface area contributed by atoms with Gasteiger partial charge in [0.2, 0.25) is 5.13 Å². The van der Waals surface area contributed by atoms with E-state index in [0.29, 0.717) is 15.7 Å². The molecule has 0 aliphatic rings. The molecular formula is C15H13N3OS. The van der Waals surface area contributed by atoms with Crippen LogP contribution in [0.1, 0.15) is 5.56 Å². The summed E-state index contributed by atoms with van der Waals surface area (Å²) in [5.74, 6) is 0.214. The Hall–Kier alpha value is -2.40. The fraction of sp³-hybridized carbons (Fsp3) is 0.0667. The Balaban J connectivity index is 1.88. The molecule has 0 fully saturated rings. The standard InChI is InChI=1S/C15H13N3OS/c1-10-6-2-4-8-12(10)16-15-18-17-14(20-15)11-7-3-5-9-13(11)19/h2-9,19H,1H3,(H,16,18). The average Bonchev–Trinajstić information content (AvgIpc) is 2.90. The first-order valence-corrected chi connectivity index (χ1v) is 7.00. The molecular weight excluding hydrogens is 270 g/mol. The molecule has 0 saturated heterocycles. The van der Waals surface area contributed by atoms with Crippen molar-refractivity contribution in [2.75, 3.05) is 5.32 Å². The first-order valence-electron chi connectivity index (χ1n) is 6.18. The van der Waals surface area contributed by atoms with Gasteiger partial charge in [0, 0.05) is 5.69 Å². The number of phenols is 1. The number of aromatic hydroxyl groups is 1. The second kappa shape index (κ2) is 5.30. The maximum atomic E-state index is 9.83. The smallest absolute Gasteiger partial charge is 0.210 e. The zero-order chi connectivity index (χ0) is 13.9. The van der Waals surface area contributed by atoms with Gasteiger partial charge in [-0.2, -0.15) is 0 Å². The minimum absolute atomic E-state index is 0.214. The third kappa shape index (κ3) is 2.48. The third-order valence-corrected chi connectivity index (χ3v) is 3.82. The number of anilines is 2. The van der Waals surface area contributed by atoms with Gasteiger partial charge in [0.05, 0.1) is 5.56 Å². The molecule has 0 unspecified atom stereocenters. The third-order valence-electron chi connectivity index (χ3n) is 2.95. The van der Waals surface area contributed by atoms with Crippen molar-refractivity contribution in [3.8, 4) is 16.3 Å². The van der Waals surface area contributed by atoms with Crippen molar-refractivity contribution in [3.05, 3.63) is 54.1 Å². The summed E-state index contributed by atoms with van der Waals surface area (Å²) < 4.78 is 0. The molecule has 0 aliphatic carbocycles. The lowest BCUT2D eigenvalue weighted by Gasteiger charge is -2.04. The van der Waals surface area contributed by atoms with Gasteiger partial charge in [-0.25, -0.2) is 0 Å². The zero-order valence-electron chi connectivity index (χ0n) is 10.9. The van der Waals surface area contributed by atoms with E-state index in [1.165, 1.54) is 11.3 Å². The molecule has 20 heavy (non-hydrogen) atoms. The predicted octanol–water partition coefficient (Wildman–Crippen LogP) is 3.96. The summed E-state index contributed by atoms with van der Waals surface area (Å²) in [6.07, 6.45) is 0. The number of benzene rings is 2. The Morgan fingerprint density at radius 3 is 2.55 bits per heavy atom. The van der Waals surface area contributed by atoms with Gasteiger partial charge in [0.25, 0.3) is 0 Å². The van der Waals surface area contributed by atoms with E-state index in [4.69, 9.17) is 0 Å². The van der Waals surface area contributed by atoms with Crippen LogP contribution in [0.4, 0.5) is 10.8 Å². The van der Waals surface area contributed by atoms with Crippen molar-refractivity contribution in [2.24, 2.45) is 0 Å². The van der Waals surface area contributed by atoms with Gasteiger partial charge in [-0.1, -0.05) is 41.7 Å². The molecule has 3 aromatic rings. The van der Waals surface area contributed by atoms with Crippen LogP contribution in [0.15, 0.2) is 48.5 Å². The SMILES string of the molecule is Cc1ccccc1Nc1nnc(-c2ccccc2O)s1. The summed E-state index contributed by atoms with van der Waals surface area (Å²) in [6, 6.07) is 15.1. The van der Waals surface area contributed by atoms with E-state index in [2.05, 4.69) is 15.5 Å². The Bertz CT molecular complexity index is 739. The highest BCUT2D eigenvalue weighted by molar-refractivity contribution is 7.18. The molecule has 0 aliphatic heterocycles. The van der Waals surface area contributed by atoms with Gasteiger partial charge in [-0.15, -0.1) is 10.2 Å². The first-order chi connectivity index (χ1) is 9.74. The highest BCUT2D eigenvalue weighted by atomic mass is 32.1. The van der Waals surface area contributed by atoms with Crippen LogP contribution in [0.25, 0.3) is 10.6 Å². The second-order valence-corrected chi connectivity index (χ2v) is 5.35. The number of hydrogen-bond acceptors (Lipinski definition) is 5. The van der Waals surface area contributed by atoms with Gasteiger partial charge < -0.3 is 10.4 Å². The fourth-order valence-corrected chi connectivity index (χ4v) is 2.66. The van der Waals surface area contributed by atoms with Crippen LogP contribution in [0.3, 0.4) is 0 Å². The average molecular weight is 283 g/mol. The van der Waals surface area contributed by atoms with Gasteiger partial charge in [0.1, 0.15) is 5.75 Å². The van der Waals surface area contributed by atoms with Crippen LogP contribution >= 0.6 is 11.3 Å². The molecule has 0 saturated carbocycles. The molecule has 0 atom stereocenters. The molecule has 1 aromatic heterocycles. The molecule has 3 rings (SSSR count). The molecule has 4 nitrogen and oxygen atoms in total. The minimum Gasteiger partial charge on any atom is -0.507 e. The lowest BCUT2D eigenvalue weighted by Crippen LogP contribution is -1.91. The monoisotopic (exact) mass is 283 g/mol. The molecule has 2 N–H and O–H groups in total. The number of nitrogens with zero attached hydrogens (tertiary/aromatic N) is 2. The summed E-state index contributed by atoms with van der Waals surface area (Å²) in [5.41, 5.74) is 2.85. The van der Waals surface area contributed by atoms with E-state index in [-0.39, 0.29) is 5.75 Å². The van der Waals surface area contributed by atoms with Gasteiger partial charge >= 0.3 is 0 Å². The van der Waals surface area contributed by atoms with Crippen molar-refractivity contribution in [3.63, 3.8) is 0 Å². The van der Waals surface area contributed by atoms with E-state index in [1.54, 1.807) is 12.1 Å². The molecule has 0 spiro atoms. The van der Waals surface area contributed by atoms with E-state index in [0.717, 1.165) is 11.3 Å². The first kappa shape index (κ1) is 12.6. The topological polar surface area (TPSA) is 58.0 Å². The van der Waals surface area contributed by atoms with Crippen LogP contribution in [0, 0.1) is 6.92 Å². The Morgan fingerprint density at radius 1 is 1.00 bits per heavy atom. The number of hydrogen-bond donors (Lipinski definition) is 2. The van der Waals surface area contributed by atoms with Gasteiger partial charge in [-0.3, -0.25) is 0 Å². The Kier molecular flexibility index (Phi) is 3.35. The number of rotatable bonds is 3. The number of para-hydroxylation sites is 2. The maximum Gasteiger partial charge on any atom is 0.210 e. The maximum absolute atomic E-state index is 9.83. The number of phenolic OH excluding ortho intramolecular Hbond substituents is 1. The highest BCUT2D eigenvalue weighted by Gasteiger charge is 2.10. The highest BCUT2D eigenvalue weighted by Crippen LogP contribution is 2.33. The van der Waals surface area contributed by atoms with Crippen LogP contribution in [-0.2, 0) is 0 Å². The van der Waals surface area contributed by atoms with E-state index in [9.17, 15) is 5.11 Å². The summed E-state index contributed by atoms with van der Waals surface area (Å²) >= 11 is 1.41. The largest absolute Gasteiger partial charge is 0.507 e. The van der Waals surface area contributed by atoms with Crippen LogP contribution in [0.5, 0.6) is 5.75 Å². The van der Waals surface area contributed by atoms with E-state index < -0.39 is 0 Å². The predicted molar refractivity (Wildman–Crippen MR) is 81.5 cm³/mol. The number of aromatic nitrogens is 2. The normalized spacial score (nSPS) is 10.4. The molecule has 2 aromatic carbocycles. The second-order valence-electron chi connectivity index (χ2n) is 4.37. The molecule has 0 radical (unpaired) electrons. The molecule has 0 amide bonds. The molecule has 1 heterocycles. The van der Waals surface area contributed by atoms with Crippen molar-refractivity contribution in [1.29, 1.82) is 0 Å². The van der Waals surface area contributed by atoms with Crippen molar-refractivity contribution in [1.82, 2.24) is 10.2 Å². The van der Waals surface area contributed by atoms with E-state index in [1.807, 2.05) is 43.3 Å². The number of nitrogens with one attached hydrogen (secondary N) is 1. The molecule has 5 heteroatoms. The van der Waals surface area contributed by atoms with Crippen molar-refractivity contribution < 1.29 is 5.11 Å². The van der Waals surface area contributed by atoms with Crippen molar-refractivity contribution in [2.45, 2.75) is 6.92 Å². The summed E-state index contributed by atoms with van der Waals surface area (Å²) in [4.78, 5) is 0. The Labute approximate surface area is 120 Å². The molecule has 0 bridgehead atoms. The lowest BCUT2D eigenvalue weighted by atomic mass is 10.2. The Morgan fingerprint density at radius 2 is 1.75 bits per heavy atom. The van der Waals surface area contributed by atoms with Crippen LogP contribution in [0.2, 0.25) is 0 Å². The zero-order valence-corrected chi connectivity index (χ0v) is 11.7. The van der Waals surface area contributed by atoms with E-state index >= 15 is 0 Å². The summed E-state index contributed by atoms with van der Waals surface area (Å²) in [5, 5.41) is 22.7. The lowest BCUT2D eigenvalue weighted by molar-refractivity contribution is 0.477.